The molecule has 2 N–H and O–H groups in total. The molecule has 0 saturated carbocycles. The number of benzene rings is 1. The van der Waals surface area contributed by atoms with E-state index in [0.29, 0.717) is 11.3 Å². The number of carbonyl (C=O) groups is 2. The fraction of sp³-hybridized carbons (Fsp3) is 0.231. The quantitative estimate of drug-likeness (QED) is 0.887. The van der Waals surface area contributed by atoms with E-state index in [1.165, 1.54) is 11.0 Å². The van der Waals surface area contributed by atoms with E-state index >= 15 is 0 Å². The van der Waals surface area contributed by atoms with Crippen LogP contribution in [0, 0.1) is 11.6 Å². The summed E-state index contributed by atoms with van der Waals surface area (Å²) in [5.74, 6) is -2.94. The van der Waals surface area contributed by atoms with Crippen LogP contribution in [0.25, 0.3) is 0 Å². The lowest BCUT2D eigenvalue weighted by atomic mass is 10.0. The molecule has 0 atom stereocenters. The number of halogens is 2. The van der Waals surface area contributed by atoms with Crippen LogP contribution in [0.5, 0.6) is 0 Å². The van der Waals surface area contributed by atoms with Gasteiger partial charge in [0.1, 0.15) is 0 Å². The molecule has 0 aliphatic carbocycles. The third-order valence-corrected chi connectivity index (χ3v) is 3.07. The van der Waals surface area contributed by atoms with Crippen LogP contribution in [-0.4, -0.2) is 11.8 Å². The first-order valence-corrected chi connectivity index (χ1v) is 5.69. The fourth-order valence-corrected chi connectivity index (χ4v) is 2.11. The summed E-state index contributed by atoms with van der Waals surface area (Å²) in [5.41, 5.74) is 6.09. The predicted octanol–water partition coefficient (Wildman–Crippen LogP) is 1.85. The van der Waals surface area contributed by atoms with Crippen LogP contribution in [-0.2, 0) is 9.59 Å². The minimum Gasteiger partial charge on any atom is -0.366 e. The van der Waals surface area contributed by atoms with Crippen LogP contribution in [0.3, 0.4) is 0 Å². The molecule has 1 aromatic carbocycles. The maximum Gasteiger partial charge on any atom is 0.246 e. The van der Waals surface area contributed by atoms with Crippen LogP contribution in [0.2, 0.25) is 0 Å². The zero-order valence-corrected chi connectivity index (χ0v) is 10.2. The van der Waals surface area contributed by atoms with Crippen molar-refractivity contribution in [2.75, 3.05) is 4.90 Å². The molecular weight excluding hydrogens is 254 g/mol. The number of anilines is 1. The van der Waals surface area contributed by atoms with Gasteiger partial charge in [-0.15, -0.1) is 0 Å². The molecule has 1 heterocycles. The zero-order valence-electron chi connectivity index (χ0n) is 10.2. The van der Waals surface area contributed by atoms with Gasteiger partial charge in [0, 0.05) is 23.8 Å². The Hall–Kier alpha value is -2.24. The van der Waals surface area contributed by atoms with Crippen LogP contribution in [0.1, 0.15) is 19.8 Å². The highest BCUT2D eigenvalue weighted by Crippen LogP contribution is 2.29. The van der Waals surface area contributed by atoms with Gasteiger partial charge in [0.2, 0.25) is 11.8 Å². The van der Waals surface area contributed by atoms with E-state index in [1.807, 2.05) is 0 Å². The van der Waals surface area contributed by atoms with Crippen molar-refractivity contribution in [3.8, 4) is 0 Å². The Labute approximate surface area is 108 Å². The molecular formula is C13H12F2N2O2. The van der Waals surface area contributed by atoms with E-state index in [2.05, 4.69) is 0 Å². The average molecular weight is 266 g/mol. The number of amides is 2. The van der Waals surface area contributed by atoms with Gasteiger partial charge in [0.25, 0.3) is 0 Å². The number of hydrogen-bond acceptors (Lipinski definition) is 2. The van der Waals surface area contributed by atoms with Gasteiger partial charge >= 0.3 is 0 Å². The average Bonchev–Trinajstić information content (AvgIpc) is 2.33. The summed E-state index contributed by atoms with van der Waals surface area (Å²) in [6.45, 7) is 1.55. The van der Waals surface area contributed by atoms with E-state index in [0.717, 1.165) is 12.1 Å². The lowest BCUT2D eigenvalue weighted by molar-refractivity contribution is -0.118. The molecule has 0 spiro atoms. The van der Waals surface area contributed by atoms with Crippen LogP contribution < -0.4 is 10.6 Å². The normalized spacial score (nSPS) is 15.9. The maximum atomic E-state index is 13.2. The Morgan fingerprint density at radius 1 is 1.26 bits per heavy atom. The monoisotopic (exact) mass is 266 g/mol. The molecule has 100 valence electrons. The first-order chi connectivity index (χ1) is 8.91. The molecule has 0 aromatic heterocycles. The Morgan fingerprint density at radius 2 is 1.95 bits per heavy atom. The first-order valence-electron chi connectivity index (χ1n) is 5.69. The number of carbonyl (C=O) groups excluding carboxylic acids is 2. The molecule has 1 aromatic rings. The Balaban J connectivity index is 2.51. The molecule has 1 aliphatic heterocycles. The van der Waals surface area contributed by atoms with Crippen molar-refractivity contribution >= 4 is 17.5 Å². The van der Waals surface area contributed by atoms with E-state index < -0.39 is 17.5 Å². The Kier molecular flexibility index (Phi) is 3.33. The molecule has 0 fully saturated rings. The number of rotatable bonds is 2. The number of hydrogen-bond donors (Lipinski definition) is 1. The minimum atomic E-state index is -1.05. The van der Waals surface area contributed by atoms with Crippen molar-refractivity contribution in [3.63, 3.8) is 0 Å². The third kappa shape index (κ3) is 2.33. The SMILES string of the molecule is CC1=C(C(N)=O)CCC(=O)N1c1ccc(F)c(F)c1. The van der Waals surface area contributed by atoms with Crippen molar-refractivity contribution in [2.45, 2.75) is 19.8 Å². The smallest absolute Gasteiger partial charge is 0.246 e. The van der Waals surface area contributed by atoms with Crippen LogP contribution in [0.4, 0.5) is 14.5 Å². The summed E-state index contributed by atoms with van der Waals surface area (Å²) in [6, 6.07) is 3.13. The topological polar surface area (TPSA) is 63.4 Å². The van der Waals surface area contributed by atoms with Gasteiger partial charge in [-0.05, 0) is 25.5 Å². The lowest BCUT2D eigenvalue weighted by Crippen LogP contribution is -2.36. The summed E-state index contributed by atoms with van der Waals surface area (Å²) < 4.78 is 26.1. The molecule has 0 bridgehead atoms. The number of primary amides is 1. The molecule has 0 unspecified atom stereocenters. The Bertz CT molecular complexity index is 596. The van der Waals surface area contributed by atoms with Crippen molar-refractivity contribution < 1.29 is 18.4 Å². The molecule has 0 saturated heterocycles. The van der Waals surface area contributed by atoms with Crippen molar-refractivity contribution in [2.24, 2.45) is 5.73 Å². The lowest BCUT2D eigenvalue weighted by Gasteiger charge is -2.29. The van der Waals surface area contributed by atoms with Crippen LogP contribution in [0.15, 0.2) is 29.5 Å². The van der Waals surface area contributed by atoms with E-state index in [-0.39, 0.29) is 24.4 Å². The van der Waals surface area contributed by atoms with Gasteiger partial charge < -0.3 is 5.73 Å². The van der Waals surface area contributed by atoms with E-state index in [4.69, 9.17) is 5.73 Å². The highest BCUT2D eigenvalue weighted by Gasteiger charge is 2.28. The van der Waals surface area contributed by atoms with Gasteiger partial charge in [0.15, 0.2) is 11.6 Å². The molecule has 6 heteroatoms. The number of allylic oxidation sites excluding steroid dienone is 1. The Morgan fingerprint density at radius 3 is 2.53 bits per heavy atom. The first kappa shape index (κ1) is 13.2. The summed E-state index contributed by atoms with van der Waals surface area (Å²) >= 11 is 0. The maximum absolute atomic E-state index is 13.2. The standard InChI is InChI=1S/C13H12F2N2O2/c1-7-9(13(16)19)3-5-12(18)17(7)8-2-4-10(14)11(15)6-8/h2,4,6H,3,5H2,1H3,(H2,16,19). The molecule has 19 heavy (non-hydrogen) atoms. The van der Waals surface area contributed by atoms with Gasteiger partial charge in [-0.25, -0.2) is 8.78 Å². The highest BCUT2D eigenvalue weighted by atomic mass is 19.2. The van der Waals surface area contributed by atoms with Gasteiger partial charge in [-0.3, -0.25) is 14.5 Å². The van der Waals surface area contributed by atoms with Gasteiger partial charge in [0.05, 0.1) is 5.69 Å². The second kappa shape index (κ2) is 4.79. The number of nitrogens with two attached hydrogens (primary N) is 1. The molecule has 1 aliphatic rings. The second-order valence-corrected chi connectivity index (χ2v) is 4.26. The highest BCUT2D eigenvalue weighted by molar-refractivity contribution is 6.03. The van der Waals surface area contributed by atoms with Crippen LogP contribution >= 0.6 is 0 Å². The van der Waals surface area contributed by atoms with E-state index in [1.54, 1.807) is 6.92 Å². The molecule has 4 nitrogen and oxygen atoms in total. The predicted molar refractivity (Wildman–Crippen MR) is 65.0 cm³/mol. The van der Waals surface area contributed by atoms with Crippen molar-refractivity contribution in [3.05, 3.63) is 41.1 Å². The zero-order chi connectivity index (χ0) is 14.2. The summed E-state index contributed by atoms with van der Waals surface area (Å²) in [5, 5.41) is 0. The minimum absolute atomic E-state index is 0.106. The van der Waals surface area contributed by atoms with Gasteiger partial charge in [-0.1, -0.05) is 0 Å². The largest absolute Gasteiger partial charge is 0.366 e. The molecule has 2 amide bonds. The molecule has 2 rings (SSSR count). The number of nitrogens with zero attached hydrogens (tertiary/aromatic N) is 1. The van der Waals surface area contributed by atoms with Crippen molar-refractivity contribution in [1.82, 2.24) is 0 Å². The summed E-state index contributed by atoms with van der Waals surface area (Å²) in [7, 11) is 0. The van der Waals surface area contributed by atoms with E-state index in [9.17, 15) is 18.4 Å². The summed E-state index contributed by atoms with van der Waals surface area (Å²) in [4.78, 5) is 24.3. The molecule has 0 radical (unpaired) electrons. The summed E-state index contributed by atoms with van der Waals surface area (Å²) in [6.07, 6.45) is 0.370. The third-order valence-electron chi connectivity index (χ3n) is 3.07. The second-order valence-electron chi connectivity index (χ2n) is 4.26. The fourth-order valence-electron chi connectivity index (χ4n) is 2.11. The van der Waals surface area contributed by atoms with Crippen molar-refractivity contribution in [1.29, 1.82) is 0 Å². The van der Waals surface area contributed by atoms with Gasteiger partial charge in [-0.2, -0.15) is 0 Å².